The summed E-state index contributed by atoms with van der Waals surface area (Å²) in [6.45, 7) is 3.66. The van der Waals surface area contributed by atoms with Gasteiger partial charge in [-0.2, -0.15) is 4.98 Å². The fraction of sp³-hybridized carbons (Fsp3) is 0.500. The van der Waals surface area contributed by atoms with E-state index in [1.807, 2.05) is 11.4 Å². The van der Waals surface area contributed by atoms with Crippen LogP contribution in [0.25, 0.3) is 10.2 Å². The van der Waals surface area contributed by atoms with Crippen LogP contribution in [0.5, 0.6) is 0 Å². The van der Waals surface area contributed by atoms with E-state index in [1.165, 1.54) is 0 Å². The Hall–Kier alpha value is -1.45. The smallest absolute Gasteiger partial charge is 0.226 e. The monoisotopic (exact) mass is 329 g/mol. The van der Waals surface area contributed by atoms with Crippen LogP contribution >= 0.6 is 11.3 Å². The zero-order chi connectivity index (χ0) is 15.3. The fourth-order valence-electron chi connectivity index (χ4n) is 1.72. The van der Waals surface area contributed by atoms with Crippen molar-refractivity contribution in [2.45, 2.75) is 13.3 Å². The Morgan fingerprint density at radius 3 is 2.71 bits per heavy atom. The van der Waals surface area contributed by atoms with Crippen LogP contribution in [0.15, 0.2) is 11.4 Å². The lowest BCUT2D eigenvalue weighted by molar-refractivity contribution is 0.589. The minimum Gasteiger partial charge on any atom is -0.368 e. The van der Waals surface area contributed by atoms with Crippen molar-refractivity contribution in [2.75, 3.05) is 36.5 Å². The molecule has 116 valence electrons. The Labute approximate surface area is 128 Å². The number of nitrogens with zero attached hydrogens (tertiary/aromatic N) is 2. The first-order chi connectivity index (χ1) is 9.99. The minimum absolute atomic E-state index is 0.312. The molecule has 0 saturated heterocycles. The van der Waals surface area contributed by atoms with Gasteiger partial charge in [0.2, 0.25) is 16.0 Å². The molecule has 0 atom stereocenters. The maximum atomic E-state index is 11.0. The normalized spacial score (nSPS) is 11.7. The van der Waals surface area contributed by atoms with E-state index in [0.29, 0.717) is 19.0 Å². The molecule has 2 rings (SSSR count). The van der Waals surface area contributed by atoms with Crippen molar-refractivity contribution in [3.8, 4) is 0 Å². The molecule has 21 heavy (non-hydrogen) atoms. The Balaban J connectivity index is 2.08. The highest BCUT2D eigenvalue weighted by molar-refractivity contribution is 7.88. The molecule has 0 aromatic carbocycles. The molecular formula is C12H19N5O2S2. The van der Waals surface area contributed by atoms with E-state index < -0.39 is 10.0 Å². The molecule has 7 nitrogen and oxygen atoms in total. The summed E-state index contributed by atoms with van der Waals surface area (Å²) >= 11 is 1.55. The molecule has 0 saturated carbocycles. The summed E-state index contributed by atoms with van der Waals surface area (Å²) in [5.74, 6) is 1.31. The Morgan fingerprint density at radius 2 is 2.00 bits per heavy atom. The van der Waals surface area contributed by atoms with Gasteiger partial charge in [0.05, 0.1) is 11.6 Å². The van der Waals surface area contributed by atoms with Crippen molar-refractivity contribution in [1.82, 2.24) is 14.7 Å². The maximum Gasteiger partial charge on any atom is 0.226 e. The lowest BCUT2D eigenvalue weighted by atomic mass is 10.4. The van der Waals surface area contributed by atoms with Crippen LogP contribution < -0.4 is 15.4 Å². The Kier molecular flexibility index (Phi) is 5.32. The molecule has 0 fully saturated rings. The van der Waals surface area contributed by atoms with Gasteiger partial charge in [-0.05, 0) is 17.9 Å². The number of hydrogen-bond donors (Lipinski definition) is 3. The van der Waals surface area contributed by atoms with Crippen LogP contribution in [0.3, 0.4) is 0 Å². The molecule has 2 heterocycles. The average Bonchev–Trinajstić information content (AvgIpc) is 2.88. The van der Waals surface area contributed by atoms with Gasteiger partial charge in [-0.25, -0.2) is 18.1 Å². The summed E-state index contributed by atoms with van der Waals surface area (Å²) in [4.78, 5) is 9.79. The van der Waals surface area contributed by atoms with Crippen molar-refractivity contribution < 1.29 is 8.42 Å². The van der Waals surface area contributed by atoms with Crippen molar-refractivity contribution in [2.24, 2.45) is 0 Å². The zero-order valence-electron chi connectivity index (χ0n) is 12.0. The fourth-order valence-corrected chi connectivity index (χ4v) is 2.96. The number of thiophene rings is 1. The molecule has 2 aromatic heterocycles. The third-order valence-electron chi connectivity index (χ3n) is 2.64. The SMILES string of the molecule is CCCNc1nc(NCCNS(C)(=O)=O)c2ccsc2n1. The quantitative estimate of drug-likeness (QED) is 0.635. The molecule has 9 heteroatoms. The third-order valence-corrected chi connectivity index (χ3v) is 4.17. The van der Waals surface area contributed by atoms with Gasteiger partial charge in [0.15, 0.2) is 0 Å². The zero-order valence-corrected chi connectivity index (χ0v) is 13.6. The number of rotatable bonds is 8. The highest BCUT2D eigenvalue weighted by Crippen LogP contribution is 2.26. The number of aromatic nitrogens is 2. The van der Waals surface area contributed by atoms with Crippen molar-refractivity contribution in [3.63, 3.8) is 0 Å². The maximum absolute atomic E-state index is 11.0. The van der Waals surface area contributed by atoms with E-state index in [2.05, 4.69) is 32.2 Å². The number of fused-ring (bicyclic) bond motifs is 1. The molecule has 0 aliphatic rings. The van der Waals surface area contributed by atoms with Gasteiger partial charge in [-0.3, -0.25) is 0 Å². The Bertz CT molecular complexity index is 699. The summed E-state index contributed by atoms with van der Waals surface area (Å²) in [5.41, 5.74) is 0. The van der Waals surface area contributed by atoms with Crippen LogP contribution in [0.1, 0.15) is 13.3 Å². The van der Waals surface area contributed by atoms with E-state index >= 15 is 0 Å². The summed E-state index contributed by atoms with van der Waals surface area (Å²) in [6.07, 6.45) is 2.13. The van der Waals surface area contributed by atoms with Crippen LogP contribution in [-0.4, -0.2) is 44.3 Å². The summed E-state index contributed by atoms with van der Waals surface area (Å²) in [6, 6.07) is 1.95. The number of hydrogen-bond acceptors (Lipinski definition) is 7. The van der Waals surface area contributed by atoms with Crippen molar-refractivity contribution >= 4 is 43.3 Å². The van der Waals surface area contributed by atoms with Gasteiger partial charge < -0.3 is 10.6 Å². The number of anilines is 2. The van der Waals surface area contributed by atoms with Gasteiger partial charge in [0.25, 0.3) is 0 Å². The lowest BCUT2D eigenvalue weighted by Gasteiger charge is -2.09. The predicted octanol–water partition coefficient (Wildman–Crippen LogP) is 1.47. The Morgan fingerprint density at radius 1 is 1.19 bits per heavy atom. The van der Waals surface area contributed by atoms with Gasteiger partial charge in [0.1, 0.15) is 10.6 Å². The van der Waals surface area contributed by atoms with Crippen LogP contribution in [-0.2, 0) is 10.0 Å². The molecule has 0 amide bonds. The largest absolute Gasteiger partial charge is 0.368 e. The third kappa shape index (κ3) is 4.80. The first kappa shape index (κ1) is 15.9. The van der Waals surface area contributed by atoms with E-state index in [0.717, 1.165) is 35.3 Å². The van der Waals surface area contributed by atoms with E-state index in [4.69, 9.17) is 0 Å². The van der Waals surface area contributed by atoms with Gasteiger partial charge in [-0.15, -0.1) is 11.3 Å². The molecule has 0 bridgehead atoms. The van der Waals surface area contributed by atoms with Crippen LogP contribution in [0, 0.1) is 0 Å². The number of nitrogens with one attached hydrogen (secondary N) is 3. The standard InChI is InChI=1S/C12H19N5O2S2/c1-3-5-14-12-16-10(9-4-8-20-11(9)17-12)13-6-7-15-21(2,18)19/h4,8,15H,3,5-7H2,1-2H3,(H2,13,14,16,17). The first-order valence-corrected chi connectivity index (χ1v) is 9.44. The molecular weight excluding hydrogens is 310 g/mol. The molecule has 0 unspecified atom stereocenters. The second-order valence-corrected chi connectivity index (χ2v) is 7.28. The van der Waals surface area contributed by atoms with E-state index in [-0.39, 0.29) is 0 Å². The lowest BCUT2D eigenvalue weighted by Crippen LogP contribution is -2.27. The second-order valence-electron chi connectivity index (χ2n) is 4.56. The highest BCUT2D eigenvalue weighted by Gasteiger charge is 2.08. The van der Waals surface area contributed by atoms with Gasteiger partial charge in [0, 0.05) is 19.6 Å². The van der Waals surface area contributed by atoms with Crippen molar-refractivity contribution in [1.29, 1.82) is 0 Å². The predicted molar refractivity (Wildman–Crippen MR) is 87.5 cm³/mol. The molecule has 0 radical (unpaired) electrons. The number of sulfonamides is 1. The highest BCUT2D eigenvalue weighted by atomic mass is 32.2. The van der Waals surface area contributed by atoms with E-state index in [1.54, 1.807) is 11.3 Å². The van der Waals surface area contributed by atoms with Crippen molar-refractivity contribution in [3.05, 3.63) is 11.4 Å². The first-order valence-electron chi connectivity index (χ1n) is 6.67. The molecule has 2 aromatic rings. The summed E-state index contributed by atoms with van der Waals surface area (Å²) in [5, 5.41) is 9.22. The molecule has 0 spiro atoms. The van der Waals surface area contributed by atoms with Crippen LogP contribution in [0.4, 0.5) is 11.8 Å². The second kappa shape index (κ2) is 7.01. The van der Waals surface area contributed by atoms with E-state index in [9.17, 15) is 8.42 Å². The van der Waals surface area contributed by atoms with Crippen LogP contribution in [0.2, 0.25) is 0 Å². The minimum atomic E-state index is -3.16. The average molecular weight is 329 g/mol. The molecule has 3 N–H and O–H groups in total. The van der Waals surface area contributed by atoms with Gasteiger partial charge in [-0.1, -0.05) is 6.92 Å². The molecule has 0 aliphatic carbocycles. The van der Waals surface area contributed by atoms with Gasteiger partial charge >= 0.3 is 0 Å². The topological polar surface area (TPSA) is 96.0 Å². The summed E-state index contributed by atoms with van der Waals surface area (Å²) < 4.78 is 24.5. The molecule has 0 aliphatic heterocycles. The summed E-state index contributed by atoms with van der Waals surface area (Å²) in [7, 11) is -3.16.